The molecule has 134 valence electrons. The molecule has 0 unspecified atom stereocenters. The van der Waals surface area contributed by atoms with Crippen LogP contribution in [0.25, 0.3) is 21.1 Å². The molecule has 1 aliphatic heterocycles. The molecular weight excluding hydrogens is 366 g/mol. The predicted molar refractivity (Wildman–Crippen MR) is 102 cm³/mol. The number of nitrogens with one attached hydrogen (secondary N) is 1. The Bertz CT molecular complexity index is 1260. The van der Waals surface area contributed by atoms with Crippen molar-refractivity contribution in [2.45, 2.75) is 6.54 Å². The molecule has 6 nitrogen and oxygen atoms in total. The third-order valence-corrected chi connectivity index (χ3v) is 5.57. The summed E-state index contributed by atoms with van der Waals surface area (Å²) < 4.78 is 16.7. The Morgan fingerprint density at radius 1 is 1.04 bits per heavy atom. The number of hydrogen-bond acceptors (Lipinski definition) is 6. The minimum Gasteiger partial charge on any atom is -0.454 e. The Kier molecular flexibility index (Phi) is 3.61. The minimum atomic E-state index is -0.435. The Labute approximate surface area is 156 Å². The van der Waals surface area contributed by atoms with Crippen molar-refractivity contribution in [3.05, 3.63) is 69.4 Å². The van der Waals surface area contributed by atoms with Gasteiger partial charge in [0.25, 0.3) is 5.91 Å². The highest BCUT2D eigenvalue weighted by atomic mass is 32.1. The van der Waals surface area contributed by atoms with Crippen LogP contribution in [0.2, 0.25) is 0 Å². The van der Waals surface area contributed by atoms with Crippen LogP contribution in [0.1, 0.15) is 15.2 Å². The Hall–Kier alpha value is -3.32. The van der Waals surface area contributed by atoms with Crippen LogP contribution in [0.4, 0.5) is 0 Å². The molecule has 0 saturated carbocycles. The number of carbonyl (C=O) groups is 1. The van der Waals surface area contributed by atoms with Crippen molar-refractivity contribution in [2.75, 3.05) is 6.79 Å². The molecule has 2 aromatic heterocycles. The maximum Gasteiger partial charge on any atom is 0.345 e. The summed E-state index contributed by atoms with van der Waals surface area (Å²) in [6, 6.07) is 14.4. The summed E-state index contributed by atoms with van der Waals surface area (Å²) in [4.78, 5) is 25.2. The summed E-state index contributed by atoms with van der Waals surface area (Å²) in [5, 5.41) is 4.13. The van der Waals surface area contributed by atoms with E-state index in [4.69, 9.17) is 13.9 Å². The van der Waals surface area contributed by atoms with Crippen molar-refractivity contribution in [3.63, 3.8) is 0 Å². The third kappa shape index (κ3) is 2.72. The quantitative estimate of drug-likeness (QED) is 0.550. The predicted octanol–water partition coefficient (Wildman–Crippen LogP) is 3.67. The summed E-state index contributed by atoms with van der Waals surface area (Å²) >= 11 is 1.29. The normalized spacial score (nSPS) is 12.6. The molecule has 0 bridgehead atoms. The van der Waals surface area contributed by atoms with Gasteiger partial charge < -0.3 is 19.2 Å². The monoisotopic (exact) mass is 379 g/mol. The van der Waals surface area contributed by atoms with E-state index in [-0.39, 0.29) is 12.7 Å². The third-order valence-electron chi connectivity index (χ3n) is 4.40. The summed E-state index contributed by atoms with van der Waals surface area (Å²) in [6.07, 6.45) is 0. The topological polar surface area (TPSA) is 77.8 Å². The number of benzene rings is 2. The van der Waals surface area contributed by atoms with Gasteiger partial charge in [-0.15, -0.1) is 11.3 Å². The van der Waals surface area contributed by atoms with Gasteiger partial charge in [-0.2, -0.15) is 0 Å². The van der Waals surface area contributed by atoms with Crippen molar-refractivity contribution in [1.29, 1.82) is 0 Å². The maximum atomic E-state index is 12.6. The Morgan fingerprint density at radius 2 is 1.89 bits per heavy atom. The zero-order chi connectivity index (χ0) is 18.4. The summed E-state index contributed by atoms with van der Waals surface area (Å²) in [6.45, 7) is 0.558. The van der Waals surface area contributed by atoms with Crippen molar-refractivity contribution in [1.82, 2.24) is 5.32 Å². The molecule has 3 heterocycles. The smallest absolute Gasteiger partial charge is 0.345 e. The van der Waals surface area contributed by atoms with Crippen LogP contribution in [0, 0.1) is 0 Å². The second kappa shape index (κ2) is 6.14. The molecule has 0 saturated heterocycles. The van der Waals surface area contributed by atoms with Gasteiger partial charge in [0.1, 0.15) is 5.58 Å². The van der Waals surface area contributed by atoms with Gasteiger partial charge in [-0.3, -0.25) is 4.79 Å². The molecule has 7 heteroatoms. The average molecular weight is 379 g/mol. The number of rotatable bonds is 3. The van der Waals surface area contributed by atoms with Gasteiger partial charge in [-0.1, -0.05) is 18.2 Å². The van der Waals surface area contributed by atoms with Crippen LogP contribution in [-0.4, -0.2) is 12.7 Å². The van der Waals surface area contributed by atoms with Gasteiger partial charge >= 0.3 is 5.63 Å². The molecule has 0 spiro atoms. The van der Waals surface area contributed by atoms with E-state index in [2.05, 4.69) is 5.32 Å². The van der Waals surface area contributed by atoms with Crippen molar-refractivity contribution in [3.8, 4) is 11.5 Å². The molecule has 1 amide bonds. The van der Waals surface area contributed by atoms with E-state index >= 15 is 0 Å². The van der Waals surface area contributed by atoms with E-state index in [1.54, 1.807) is 12.1 Å². The molecular formula is C20H13NO5S. The summed E-state index contributed by atoms with van der Waals surface area (Å²) in [5.74, 6) is 1.14. The van der Waals surface area contributed by atoms with Crippen LogP contribution in [0.3, 0.4) is 0 Å². The number of fused-ring (bicyclic) bond motifs is 4. The molecule has 0 atom stereocenters. The van der Waals surface area contributed by atoms with Crippen molar-refractivity contribution < 1.29 is 18.7 Å². The maximum absolute atomic E-state index is 12.6. The van der Waals surface area contributed by atoms with Gasteiger partial charge in [0, 0.05) is 11.9 Å². The van der Waals surface area contributed by atoms with Gasteiger partial charge in [0.05, 0.1) is 15.0 Å². The molecule has 0 fully saturated rings. The second-order valence-corrected chi connectivity index (χ2v) is 7.16. The van der Waals surface area contributed by atoms with E-state index < -0.39 is 5.63 Å². The van der Waals surface area contributed by atoms with Gasteiger partial charge in [0.15, 0.2) is 11.5 Å². The minimum absolute atomic E-state index is 0.212. The van der Waals surface area contributed by atoms with E-state index in [1.807, 2.05) is 36.4 Å². The highest BCUT2D eigenvalue weighted by molar-refractivity contribution is 7.21. The van der Waals surface area contributed by atoms with Crippen LogP contribution in [0.5, 0.6) is 11.5 Å². The van der Waals surface area contributed by atoms with Crippen LogP contribution < -0.4 is 20.4 Å². The molecule has 5 rings (SSSR count). The first-order valence-corrected chi connectivity index (χ1v) is 9.13. The lowest BCUT2D eigenvalue weighted by Gasteiger charge is -2.05. The fourth-order valence-corrected chi connectivity index (χ4v) is 4.17. The standard InChI is InChI=1S/C20H13NO5S/c22-19(21-9-11-5-6-15-16(7-11)25-10-24-15)17-8-13-18(27-17)12-3-1-2-4-14(12)26-20(13)23/h1-8H,9-10H2,(H,21,22). The fourth-order valence-electron chi connectivity index (χ4n) is 3.07. The Balaban J connectivity index is 1.43. The first kappa shape index (κ1) is 15.9. The van der Waals surface area contributed by atoms with E-state index in [0.717, 1.165) is 15.6 Å². The molecule has 0 aliphatic carbocycles. The fraction of sp³-hybridized carbons (Fsp3) is 0.100. The van der Waals surface area contributed by atoms with Gasteiger partial charge in [0.2, 0.25) is 6.79 Å². The summed E-state index contributed by atoms with van der Waals surface area (Å²) in [7, 11) is 0. The lowest BCUT2D eigenvalue weighted by atomic mass is 10.2. The molecule has 27 heavy (non-hydrogen) atoms. The zero-order valence-corrected chi connectivity index (χ0v) is 14.8. The van der Waals surface area contributed by atoms with E-state index in [0.29, 0.717) is 33.9 Å². The molecule has 1 aliphatic rings. The first-order valence-electron chi connectivity index (χ1n) is 8.31. The lowest BCUT2D eigenvalue weighted by molar-refractivity contribution is 0.0955. The lowest BCUT2D eigenvalue weighted by Crippen LogP contribution is -2.21. The van der Waals surface area contributed by atoms with Crippen molar-refractivity contribution in [2.24, 2.45) is 0 Å². The van der Waals surface area contributed by atoms with Gasteiger partial charge in [-0.05, 0) is 35.9 Å². The molecule has 4 aromatic rings. The SMILES string of the molecule is O=C(NCc1ccc2c(c1)OCO2)c1cc2c(=O)oc3ccccc3c2s1. The highest BCUT2D eigenvalue weighted by Gasteiger charge is 2.17. The summed E-state index contributed by atoms with van der Waals surface area (Å²) in [5.41, 5.74) is 0.984. The van der Waals surface area contributed by atoms with E-state index in [1.165, 1.54) is 11.3 Å². The van der Waals surface area contributed by atoms with Crippen molar-refractivity contribution >= 4 is 38.3 Å². The molecule has 2 aromatic carbocycles. The average Bonchev–Trinajstić information content (AvgIpc) is 3.33. The number of para-hydroxylation sites is 1. The second-order valence-electron chi connectivity index (χ2n) is 6.11. The molecule has 0 radical (unpaired) electrons. The number of hydrogen-bond donors (Lipinski definition) is 1. The zero-order valence-electron chi connectivity index (χ0n) is 14.0. The van der Waals surface area contributed by atoms with Gasteiger partial charge in [-0.25, -0.2) is 4.79 Å². The largest absolute Gasteiger partial charge is 0.454 e. The number of ether oxygens (including phenoxy) is 2. The molecule has 1 N–H and O–H groups in total. The number of carbonyl (C=O) groups excluding carboxylic acids is 1. The van der Waals surface area contributed by atoms with E-state index in [9.17, 15) is 9.59 Å². The van der Waals surface area contributed by atoms with Crippen LogP contribution in [-0.2, 0) is 6.54 Å². The first-order chi connectivity index (χ1) is 13.2. The number of amides is 1. The van der Waals surface area contributed by atoms with Crippen LogP contribution >= 0.6 is 11.3 Å². The van der Waals surface area contributed by atoms with Crippen LogP contribution in [0.15, 0.2) is 57.7 Å². The Morgan fingerprint density at radius 3 is 2.81 bits per heavy atom. The number of thiophene rings is 1. The highest BCUT2D eigenvalue weighted by Crippen LogP contribution is 2.33.